The lowest BCUT2D eigenvalue weighted by Gasteiger charge is -2.18. The largest absolute Gasteiger partial charge is 0.358 e. The predicted molar refractivity (Wildman–Crippen MR) is 119 cm³/mol. The van der Waals surface area contributed by atoms with Crippen LogP contribution in [0.5, 0.6) is 0 Å². The molecule has 0 saturated carbocycles. The van der Waals surface area contributed by atoms with Gasteiger partial charge in [0.15, 0.2) is 5.11 Å². The van der Waals surface area contributed by atoms with E-state index in [9.17, 15) is 9.59 Å². The fourth-order valence-electron chi connectivity index (χ4n) is 3.79. The molecule has 0 radical (unpaired) electrons. The molecule has 0 unspecified atom stereocenters. The van der Waals surface area contributed by atoms with E-state index in [-0.39, 0.29) is 11.8 Å². The fraction of sp³-hybridized carbons (Fsp3) is 0.318. The van der Waals surface area contributed by atoms with Crippen LogP contribution in [0.2, 0.25) is 0 Å². The van der Waals surface area contributed by atoms with Crippen LogP contribution in [0.1, 0.15) is 31.2 Å². The molecule has 2 aromatic carbocycles. The van der Waals surface area contributed by atoms with Crippen molar-refractivity contribution in [1.29, 1.82) is 0 Å². The van der Waals surface area contributed by atoms with Gasteiger partial charge in [0.05, 0.1) is 0 Å². The molecule has 2 aliphatic rings. The summed E-state index contributed by atoms with van der Waals surface area (Å²) in [6.07, 6.45) is 3.05. The molecule has 0 spiro atoms. The van der Waals surface area contributed by atoms with Crippen LogP contribution in [0, 0.1) is 0 Å². The molecule has 2 heterocycles. The summed E-state index contributed by atoms with van der Waals surface area (Å²) < 4.78 is 0. The van der Waals surface area contributed by atoms with Gasteiger partial charge in [-0.25, -0.2) is 0 Å². The SMILES string of the molecule is O=C1CCCN1c1cccc(CNC(=S)Nc2cccc(N3CCCC3=O)c2)c1. The number of amides is 2. The lowest BCUT2D eigenvalue weighted by atomic mass is 10.2. The lowest BCUT2D eigenvalue weighted by molar-refractivity contribution is -0.117. The van der Waals surface area contributed by atoms with Gasteiger partial charge in [0.1, 0.15) is 0 Å². The third kappa shape index (κ3) is 4.56. The molecular formula is C22H24N4O2S. The van der Waals surface area contributed by atoms with Crippen LogP contribution < -0.4 is 20.4 Å². The number of thiocarbonyl (C=S) groups is 1. The van der Waals surface area contributed by atoms with Crippen LogP contribution in [0.25, 0.3) is 0 Å². The smallest absolute Gasteiger partial charge is 0.227 e. The molecule has 0 bridgehead atoms. The summed E-state index contributed by atoms with van der Waals surface area (Å²) in [7, 11) is 0. The van der Waals surface area contributed by atoms with Gasteiger partial charge in [-0.1, -0.05) is 18.2 Å². The molecule has 150 valence electrons. The van der Waals surface area contributed by atoms with E-state index in [1.54, 1.807) is 0 Å². The molecule has 2 aliphatic heterocycles. The first-order valence-corrected chi connectivity index (χ1v) is 10.4. The Bertz CT molecular complexity index is 946. The highest BCUT2D eigenvalue weighted by Crippen LogP contribution is 2.24. The summed E-state index contributed by atoms with van der Waals surface area (Å²) in [6, 6.07) is 15.7. The first kappa shape index (κ1) is 19.4. The van der Waals surface area contributed by atoms with Crippen LogP contribution in [0.4, 0.5) is 17.1 Å². The Morgan fingerprint density at radius 3 is 2.14 bits per heavy atom. The molecule has 2 aromatic rings. The summed E-state index contributed by atoms with van der Waals surface area (Å²) >= 11 is 5.43. The average Bonchev–Trinajstić information content (AvgIpc) is 3.35. The Labute approximate surface area is 175 Å². The van der Waals surface area contributed by atoms with Gasteiger partial charge < -0.3 is 20.4 Å². The lowest BCUT2D eigenvalue weighted by Crippen LogP contribution is -2.28. The van der Waals surface area contributed by atoms with Crippen molar-refractivity contribution in [2.24, 2.45) is 0 Å². The Morgan fingerprint density at radius 1 is 0.897 bits per heavy atom. The highest BCUT2D eigenvalue weighted by Gasteiger charge is 2.22. The van der Waals surface area contributed by atoms with Crippen molar-refractivity contribution in [2.75, 3.05) is 28.2 Å². The van der Waals surface area contributed by atoms with Gasteiger partial charge >= 0.3 is 0 Å². The number of benzene rings is 2. The molecule has 0 aromatic heterocycles. The molecular weight excluding hydrogens is 384 g/mol. The van der Waals surface area contributed by atoms with Gasteiger partial charge in [-0.2, -0.15) is 0 Å². The fourth-order valence-corrected chi connectivity index (χ4v) is 3.98. The monoisotopic (exact) mass is 408 g/mol. The van der Waals surface area contributed by atoms with E-state index in [2.05, 4.69) is 10.6 Å². The second-order valence-electron chi connectivity index (χ2n) is 7.33. The molecule has 2 saturated heterocycles. The minimum atomic E-state index is 0.166. The van der Waals surface area contributed by atoms with Crippen molar-refractivity contribution >= 4 is 46.2 Å². The van der Waals surface area contributed by atoms with Gasteiger partial charge in [-0.05, 0) is 61.0 Å². The van der Waals surface area contributed by atoms with Gasteiger partial charge in [-0.3, -0.25) is 9.59 Å². The summed E-state index contributed by atoms with van der Waals surface area (Å²) in [4.78, 5) is 27.6. The van der Waals surface area contributed by atoms with Gasteiger partial charge in [0, 0.05) is 49.5 Å². The van der Waals surface area contributed by atoms with Gasteiger partial charge in [-0.15, -0.1) is 0 Å². The number of anilines is 3. The predicted octanol–water partition coefficient (Wildman–Crippen LogP) is 3.43. The normalized spacial score (nSPS) is 16.4. The van der Waals surface area contributed by atoms with Crippen LogP contribution in [-0.4, -0.2) is 30.0 Å². The maximum atomic E-state index is 12.0. The van der Waals surface area contributed by atoms with Crippen molar-refractivity contribution in [3.05, 3.63) is 54.1 Å². The van der Waals surface area contributed by atoms with Crippen LogP contribution in [-0.2, 0) is 16.1 Å². The van der Waals surface area contributed by atoms with Gasteiger partial charge in [0.2, 0.25) is 11.8 Å². The Kier molecular flexibility index (Phi) is 5.76. The molecule has 2 fully saturated rings. The van der Waals surface area contributed by atoms with E-state index in [4.69, 9.17) is 12.2 Å². The van der Waals surface area contributed by atoms with Crippen molar-refractivity contribution < 1.29 is 9.59 Å². The minimum absolute atomic E-state index is 0.166. The van der Waals surface area contributed by atoms with Crippen LogP contribution in [0.3, 0.4) is 0 Å². The van der Waals surface area contributed by atoms with E-state index in [1.807, 2.05) is 58.3 Å². The van der Waals surface area contributed by atoms with E-state index in [0.717, 1.165) is 48.6 Å². The average molecular weight is 409 g/mol. The van der Waals surface area contributed by atoms with E-state index >= 15 is 0 Å². The summed E-state index contributed by atoms with van der Waals surface area (Å²) in [5.41, 5.74) is 3.73. The zero-order valence-corrected chi connectivity index (χ0v) is 17.0. The molecule has 0 aliphatic carbocycles. The number of carbonyl (C=O) groups excluding carboxylic acids is 2. The molecule has 2 amide bonds. The zero-order chi connectivity index (χ0) is 20.2. The maximum absolute atomic E-state index is 12.0. The van der Waals surface area contributed by atoms with E-state index in [1.165, 1.54) is 0 Å². The highest BCUT2D eigenvalue weighted by atomic mass is 32.1. The molecule has 6 nitrogen and oxygen atoms in total. The standard InChI is InChI=1S/C22H24N4O2S/c27-20-9-3-11-25(20)18-7-1-5-16(13-18)15-23-22(29)24-17-6-2-8-19(14-17)26-12-4-10-21(26)28/h1-2,5-8,13-14H,3-4,9-12,15H2,(H2,23,24,29). The van der Waals surface area contributed by atoms with Crippen molar-refractivity contribution in [3.8, 4) is 0 Å². The number of nitrogens with zero attached hydrogens (tertiary/aromatic N) is 2. The first-order valence-electron chi connectivity index (χ1n) is 9.95. The Morgan fingerprint density at radius 2 is 1.52 bits per heavy atom. The summed E-state index contributed by atoms with van der Waals surface area (Å²) in [5, 5.41) is 6.91. The van der Waals surface area contributed by atoms with Crippen LogP contribution in [0.15, 0.2) is 48.5 Å². The molecule has 4 rings (SSSR count). The summed E-state index contributed by atoms with van der Waals surface area (Å²) in [6.45, 7) is 2.11. The molecule has 2 N–H and O–H groups in total. The number of rotatable bonds is 5. The summed E-state index contributed by atoms with van der Waals surface area (Å²) in [5.74, 6) is 0.350. The maximum Gasteiger partial charge on any atom is 0.227 e. The zero-order valence-electron chi connectivity index (χ0n) is 16.2. The highest BCUT2D eigenvalue weighted by molar-refractivity contribution is 7.80. The second kappa shape index (κ2) is 8.61. The third-order valence-electron chi connectivity index (χ3n) is 5.24. The quantitative estimate of drug-likeness (QED) is 0.742. The molecule has 0 atom stereocenters. The number of hydrogen-bond donors (Lipinski definition) is 2. The third-order valence-corrected chi connectivity index (χ3v) is 5.48. The van der Waals surface area contributed by atoms with Crippen molar-refractivity contribution in [3.63, 3.8) is 0 Å². The number of carbonyl (C=O) groups is 2. The minimum Gasteiger partial charge on any atom is -0.358 e. The Hall–Kier alpha value is -2.93. The Balaban J connectivity index is 1.35. The molecule has 29 heavy (non-hydrogen) atoms. The number of hydrogen-bond acceptors (Lipinski definition) is 3. The second-order valence-corrected chi connectivity index (χ2v) is 7.73. The topological polar surface area (TPSA) is 64.7 Å². The molecule has 7 heteroatoms. The van der Waals surface area contributed by atoms with E-state index < -0.39 is 0 Å². The number of nitrogens with one attached hydrogen (secondary N) is 2. The first-order chi connectivity index (χ1) is 14.1. The van der Waals surface area contributed by atoms with Crippen molar-refractivity contribution in [2.45, 2.75) is 32.2 Å². The van der Waals surface area contributed by atoms with Gasteiger partial charge in [0.25, 0.3) is 0 Å². The van der Waals surface area contributed by atoms with E-state index in [0.29, 0.717) is 24.5 Å². The van der Waals surface area contributed by atoms with Crippen molar-refractivity contribution in [1.82, 2.24) is 5.32 Å². The van der Waals surface area contributed by atoms with Crippen LogP contribution >= 0.6 is 12.2 Å².